The van der Waals surface area contributed by atoms with Gasteiger partial charge in [-0.1, -0.05) is 20.8 Å². The third-order valence-corrected chi connectivity index (χ3v) is 4.99. The second-order valence-corrected chi connectivity index (χ2v) is 7.71. The maximum atomic E-state index is 12.3. The van der Waals surface area contributed by atoms with E-state index in [4.69, 9.17) is 0 Å². The van der Waals surface area contributed by atoms with Crippen LogP contribution in [0.25, 0.3) is 0 Å². The molecule has 0 radical (unpaired) electrons. The molecule has 120 valence electrons. The Kier molecular flexibility index (Phi) is 5.55. The summed E-state index contributed by atoms with van der Waals surface area (Å²) >= 11 is 0. The molecular weight excluding hydrogens is 290 g/mol. The van der Waals surface area contributed by atoms with Gasteiger partial charge in [-0.25, -0.2) is 13.1 Å². The summed E-state index contributed by atoms with van der Waals surface area (Å²) in [6.45, 7) is 9.39. The van der Waals surface area contributed by atoms with E-state index in [1.807, 2.05) is 6.92 Å². The topological polar surface area (TPSA) is 81.1 Å². The number of hydrogen-bond donors (Lipinski definition) is 1. The Bertz CT molecular complexity index is 618. The van der Waals surface area contributed by atoms with Gasteiger partial charge in [-0.15, -0.1) is 0 Å². The monoisotopic (exact) mass is 315 g/mol. The largest absolute Gasteiger partial charge is 0.274 e. The number of aromatic nitrogens is 2. The van der Waals surface area contributed by atoms with E-state index < -0.39 is 15.9 Å². The predicted octanol–water partition coefficient (Wildman–Crippen LogP) is 1.91. The molecule has 6 nitrogen and oxygen atoms in total. The average molecular weight is 315 g/mol. The van der Waals surface area contributed by atoms with Crippen LogP contribution in [0.4, 0.5) is 0 Å². The average Bonchev–Trinajstić information content (AvgIpc) is 2.50. The zero-order chi connectivity index (χ0) is 16.4. The van der Waals surface area contributed by atoms with Crippen molar-refractivity contribution >= 4 is 15.9 Å². The third kappa shape index (κ3) is 4.56. The predicted molar refractivity (Wildman–Crippen MR) is 81.2 cm³/mol. The van der Waals surface area contributed by atoms with Crippen molar-refractivity contribution in [1.29, 1.82) is 0 Å². The van der Waals surface area contributed by atoms with E-state index in [-0.39, 0.29) is 17.2 Å². The fourth-order valence-electron chi connectivity index (χ4n) is 2.59. The first kappa shape index (κ1) is 17.7. The molecule has 1 amide bonds. The molecule has 1 atom stereocenters. The van der Waals surface area contributed by atoms with Gasteiger partial charge in [0.05, 0.1) is 11.4 Å². The molecule has 0 saturated heterocycles. The molecular formula is C14H25N3O3S. The molecule has 0 bridgehead atoms. The van der Waals surface area contributed by atoms with E-state index in [1.54, 1.807) is 20.9 Å². The standard InChI is InChI=1S/C14H25N3O3S/c1-9(2)7-10(3)8-13(18)16-21(19,20)14-11(4)15-17(6)12(14)5/h9-10H,7-8H2,1-6H3,(H,16,18). The number of nitrogens with one attached hydrogen (secondary N) is 1. The van der Waals surface area contributed by atoms with Crippen molar-refractivity contribution in [3.63, 3.8) is 0 Å². The molecule has 7 heteroatoms. The van der Waals surface area contributed by atoms with Gasteiger partial charge in [0.15, 0.2) is 0 Å². The first-order valence-electron chi connectivity index (χ1n) is 7.10. The second kappa shape index (κ2) is 6.60. The summed E-state index contributed by atoms with van der Waals surface area (Å²) < 4.78 is 28.3. The maximum absolute atomic E-state index is 12.3. The van der Waals surface area contributed by atoms with Crippen LogP contribution in [0.1, 0.15) is 45.0 Å². The number of hydrogen-bond acceptors (Lipinski definition) is 4. The van der Waals surface area contributed by atoms with Gasteiger partial charge in [0, 0.05) is 13.5 Å². The van der Waals surface area contributed by atoms with E-state index in [2.05, 4.69) is 23.7 Å². The maximum Gasteiger partial charge on any atom is 0.267 e. The van der Waals surface area contributed by atoms with Gasteiger partial charge in [0.2, 0.25) is 5.91 Å². The number of nitrogens with zero attached hydrogens (tertiary/aromatic N) is 2. The van der Waals surface area contributed by atoms with Crippen LogP contribution in [-0.4, -0.2) is 24.1 Å². The molecule has 0 aromatic carbocycles. The van der Waals surface area contributed by atoms with E-state index in [1.165, 1.54) is 4.68 Å². The van der Waals surface area contributed by atoms with Crippen molar-refractivity contribution in [3.05, 3.63) is 11.4 Å². The lowest BCUT2D eigenvalue weighted by Gasteiger charge is -2.14. The van der Waals surface area contributed by atoms with E-state index in [0.29, 0.717) is 17.3 Å². The summed E-state index contributed by atoms with van der Waals surface area (Å²) in [4.78, 5) is 12.0. The van der Waals surface area contributed by atoms with E-state index in [0.717, 1.165) is 6.42 Å². The Balaban J connectivity index is 2.84. The molecule has 0 saturated carbocycles. The SMILES string of the molecule is Cc1nn(C)c(C)c1S(=O)(=O)NC(=O)CC(C)CC(C)C. The molecule has 1 rings (SSSR count). The minimum absolute atomic E-state index is 0.0925. The molecule has 0 aliphatic heterocycles. The van der Waals surface area contributed by atoms with Gasteiger partial charge in [-0.3, -0.25) is 9.48 Å². The number of carbonyl (C=O) groups excluding carboxylic acids is 1. The van der Waals surface area contributed by atoms with Crippen LogP contribution in [0.2, 0.25) is 0 Å². The van der Waals surface area contributed by atoms with Gasteiger partial charge >= 0.3 is 0 Å². The number of sulfonamides is 1. The second-order valence-electron chi connectivity index (χ2n) is 6.09. The van der Waals surface area contributed by atoms with Crippen molar-refractivity contribution < 1.29 is 13.2 Å². The number of aryl methyl sites for hydroxylation is 2. The Labute approximate surface area is 127 Å². The highest BCUT2D eigenvalue weighted by molar-refractivity contribution is 7.90. The van der Waals surface area contributed by atoms with Gasteiger partial charge < -0.3 is 0 Å². The minimum Gasteiger partial charge on any atom is -0.274 e. The summed E-state index contributed by atoms with van der Waals surface area (Å²) in [6, 6.07) is 0. The van der Waals surface area contributed by atoms with Gasteiger partial charge in [-0.05, 0) is 32.1 Å². The summed E-state index contributed by atoms with van der Waals surface area (Å²) in [5, 5.41) is 4.07. The number of amides is 1. The van der Waals surface area contributed by atoms with Crippen LogP contribution >= 0.6 is 0 Å². The van der Waals surface area contributed by atoms with E-state index in [9.17, 15) is 13.2 Å². The molecule has 1 N–H and O–H groups in total. The Hall–Kier alpha value is -1.37. The molecule has 1 aromatic heterocycles. The lowest BCUT2D eigenvalue weighted by atomic mass is 9.96. The summed E-state index contributed by atoms with van der Waals surface area (Å²) in [5.41, 5.74) is 0.911. The van der Waals surface area contributed by atoms with Crippen molar-refractivity contribution in [2.75, 3.05) is 0 Å². The minimum atomic E-state index is -3.86. The van der Waals surface area contributed by atoms with Crippen LogP contribution in [0.3, 0.4) is 0 Å². The number of carbonyl (C=O) groups is 1. The van der Waals surface area contributed by atoms with Gasteiger partial charge in [0.25, 0.3) is 10.0 Å². The highest BCUT2D eigenvalue weighted by atomic mass is 32.2. The Morgan fingerprint density at radius 1 is 1.29 bits per heavy atom. The van der Waals surface area contributed by atoms with Crippen molar-refractivity contribution in [1.82, 2.24) is 14.5 Å². The molecule has 1 heterocycles. The van der Waals surface area contributed by atoms with Crippen molar-refractivity contribution in [3.8, 4) is 0 Å². The molecule has 0 spiro atoms. The zero-order valence-corrected chi connectivity index (χ0v) is 14.4. The third-order valence-electron chi connectivity index (χ3n) is 3.37. The van der Waals surface area contributed by atoms with Crippen molar-refractivity contribution in [2.45, 2.75) is 52.4 Å². The highest BCUT2D eigenvalue weighted by Crippen LogP contribution is 2.19. The molecule has 1 aromatic rings. The lowest BCUT2D eigenvalue weighted by molar-refractivity contribution is -0.120. The molecule has 21 heavy (non-hydrogen) atoms. The zero-order valence-electron chi connectivity index (χ0n) is 13.6. The van der Waals surface area contributed by atoms with Crippen LogP contribution in [0.5, 0.6) is 0 Å². The highest BCUT2D eigenvalue weighted by Gasteiger charge is 2.26. The van der Waals surface area contributed by atoms with Crippen molar-refractivity contribution in [2.24, 2.45) is 18.9 Å². The molecule has 0 fully saturated rings. The lowest BCUT2D eigenvalue weighted by Crippen LogP contribution is -2.32. The molecule has 1 unspecified atom stereocenters. The first-order chi connectivity index (χ1) is 9.54. The summed E-state index contributed by atoms with van der Waals surface area (Å²) in [6.07, 6.45) is 1.09. The van der Waals surface area contributed by atoms with Crippen LogP contribution < -0.4 is 4.72 Å². The summed E-state index contributed by atoms with van der Waals surface area (Å²) in [5.74, 6) is 0.161. The molecule has 0 aliphatic rings. The van der Waals surface area contributed by atoms with Crippen LogP contribution in [-0.2, 0) is 21.9 Å². The summed E-state index contributed by atoms with van der Waals surface area (Å²) in [7, 11) is -2.18. The normalized spacial score (nSPS) is 13.5. The smallest absolute Gasteiger partial charge is 0.267 e. The number of rotatable bonds is 6. The van der Waals surface area contributed by atoms with E-state index >= 15 is 0 Å². The molecule has 0 aliphatic carbocycles. The first-order valence-corrected chi connectivity index (χ1v) is 8.58. The van der Waals surface area contributed by atoms with Crippen LogP contribution in [0.15, 0.2) is 4.90 Å². The Morgan fingerprint density at radius 2 is 1.86 bits per heavy atom. The fraction of sp³-hybridized carbons (Fsp3) is 0.714. The van der Waals surface area contributed by atoms with Gasteiger partial charge in [0.1, 0.15) is 4.90 Å². The van der Waals surface area contributed by atoms with Crippen LogP contribution in [0, 0.1) is 25.7 Å². The Morgan fingerprint density at radius 3 is 2.29 bits per heavy atom. The van der Waals surface area contributed by atoms with Gasteiger partial charge in [-0.2, -0.15) is 5.10 Å². The quantitative estimate of drug-likeness (QED) is 0.869. The fourth-order valence-corrected chi connectivity index (χ4v) is 4.03.